The molecule has 1 atom stereocenters. The summed E-state index contributed by atoms with van der Waals surface area (Å²) >= 11 is 0. The number of hydrogen-bond donors (Lipinski definition) is 1. The van der Waals surface area contributed by atoms with Gasteiger partial charge >= 0.3 is 0 Å². The Balaban J connectivity index is 1.29. The van der Waals surface area contributed by atoms with E-state index in [2.05, 4.69) is 15.3 Å². The number of rotatable bonds is 3. The fraction of sp³-hybridized carbons (Fsp3) is 0.429. The number of fused-ring (bicyclic) bond motifs is 2. The molecule has 0 aliphatic carbocycles. The number of imidazole rings is 1. The van der Waals surface area contributed by atoms with Crippen LogP contribution in [0.15, 0.2) is 36.8 Å². The first-order chi connectivity index (χ1) is 13.8. The number of para-hydroxylation sites is 2. The van der Waals surface area contributed by atoms with Crippen molar-refractivity contribution in [2.45, 2.75) is 44.8 Å². The number of benzene rings is 1. The Bertz CT molecular complexity index is 1010. The molecule has 0 radical (unpaired) electrons. The Labute approximate surface area is 163 Å². The highest BCUT2D eigenvalue weighted by Crippen LogP contribution is 2.23. The zero-order valence-corrected chi connectivity index (χ0v) is 15.8. The highest BCUT2D eigenvalue weighted by Gasteiger charge is 2.25. The lowest BCUT2D eigenvalue weighted by molar-refractivity contribution is -0.132. The molecule has 1 saturated heterocycles. The van der Waals surface area contributed by atoms with Gasteiger partial charge in [-0.1, -0.05) is 18.6 Å². The van der Waals surface area contributed by atoms with Crippen LogP contribution in [-0.2, 0) is 24.3 Å². The van der Waals surface area contributed by atoms with Gasteiger partial charge < -0.3 is 14.8 Å². The second-order valence-electron chi connectivity index (χ2n) is 7.63. The number of piperidine rings is 1. The molecule has 28 heavy (non-hydrogen) atoms. The van der Waals surface area contributed by atoms with Crippen LogP contribution in [0.4, 0.5) is 0 Å². The van der Waals surface area contributed by atoms with E-state index in [1.807, 2.05) is 39.9 Å². The SMILES string of the molecule is O=C(Cn1cnc2ccccc21)N1CCc2nc([C@H]3CCCCN3)ncc2C1. The van der Waals surface area contributed by atoms with Crippen LogP contribution in [0.25, 0.3) is 11.0 Å². The van der Waals surface area contributed by atoms with Crippen molar-refractivity contribution in [2.75, 3.05) is 13.1 Å². The molecule has 1 amide bonds. The van der Waals surface area contributed by atoms with E-state index < -0.39 is 0 Å². The Morgan fingerprint density at radius 3 is 3.04 bits per heavy atom. The van der Waals surface area contributed by atoms with Crippen molar-refractivity contribution in [3.63, 3.8) is 0 Å². The van der Waals surface area contributed by atoms with Crippen LogP contribution >= 0.6 is 0 Å². The first kappa shape index (κ1) is 17.3. The lowest BCUT2D eigenvalue weighted by Gasteiger charge is -2.29. The monoisotopic (exact) mass is 376 g/mol. The molecule has 4 heterocycles. The van der Waals surface area contributed by atoms with Crippen LogP contribution in [0.5, 0.6) is 0 Å². The predicted octanol–water partition coefficient (Wildman–Crippen LogP) is 2.23. The number of nitrogens with zero attached hydrogens (tertiary/aromatic N) is 5. The van der Waals surface area contributed by atoms with E-state index in [9.17, 15) is 4.79 Å². The second-order valence-corrected chi connectivity index (χ2v) is 7.63. The Hall–Kier alpha value is -2.80. The molecular weight excluding hydrogens is 352 g/mol. The highest BCUT2D eigenvalue weighted by atomic mass is 16.2. The maximum absolute atomic E-state index is 12.9. The van der Waals surface area contributed by atoms with Crippen LogP contribution in [0, 0.1) is 0 Å². The van der Waals surface area contributed by atoms with Gasteiger partial charge in [-0.25, -0.2) is 15.0 Å². The van der Waals surface area contributed by atoms with Crippen molar-refractivity contribution >= 4 is 16.9 Å². The van der Waals surface area contributed by atoms with Crippen molar-refractivity contribution in [1.29, 1.82) is 0 Å². The molecule has 5 rings (SSSR count). The van der Waals surface area contributed by atoms with Crippen LogP contribution in [0.2, 0.25) is 0 Å². The van der Waals surface area contributed by atoms with Gasteiger partial charge in [0.25, 0.3) is 0 Å². The Morgan fingerprint density at radius 1 is 1.21 bits per heavy atom. The molecule has 7 nitrogen and oxygen atoms in total. The molecule has 3 aromatic rings. The normalized spacial score (nSPS) is 19.6. The standard InChI is InChI=1S/C21H24N6O/c28-20(13-27-14-24-17-5-1-2-7-19(17)27)26-10-8-16-15(12-26)11-23-21(25-16)18-6-3-4-9-22-18/h1-2,5,7,11,14,18,22H,3-4,6,8-10,12-13H2/t18-/m1/s1. The van der Waals surface area contributed by atoms with E-state index in [1.165, 1.54) is 12.8 Å². The third kappa shape index (κ3) is 3.26. The Morgan fingerprint density at radius 2 is 2.14 bits per heavy atom. The number of hydrogen-bond acceptors (Lipinski definition) is 5. The van der Waals surface area contributed by atoms with Gasteiger partial charge in [-0.15, -0.1) is 0 Å². The largest absolute Gasteiger partial charge is 0.336 e. The lowest BCUT2D eigenvalue weighted by Crippen LogP contribution is -2.38. The summed E-state index contributed by atoms with van der Waals surface area (Å²) in [6, 6.07) is 8.16. The smallest absolute Gasteiger partial charge is 0.242 e. The van der Waals surface area contributed by atoms with Crippen LogP contribution < -0.4 is 5.32 Å². The summed E-state index contributed by atoms with van der Waals surface area (Å²) in [5.41, 5.74) is 4.06. The maximum Gasteiger partial charge on any atom is 0.242 e. The van der Waals surface area contributed by atoms with E-state index in [1.54, 1.807) is 6.33 Å². The third-order valence-electron chi connectivity index (χ3n) is 5.76. The van der Waals surface area contributed by atoms with E-state index in [0.29, 0.717) is 19.6 Å². The van der Waals surface area contributed by atoms with Gasteiger partial charge in [0.1, 0.15) is 12.4 Å². The summed E-state index contributed by atoms with van der Waals surface area (Å²) in [6.07, 6.45) is 8.00. The van der Waals surface area contributed by atoms with E-state index in [4.69, 9.17) is 4.98 Å². The predicted molar refractivity (Wildman–Crippen MR) is 105 cm³/mol. The Kier molecular flexibility index (Phi) is 4.52. The van der Waals surface area contributed by atoms with Crippen LogP contribution in [0.1, 0.15) is 42.4 Å². The van der Waals surface area contributed by atoms with Crippen molar-refractivity contribution in [1.82, 2.24) is 29.7 Å². The average molecular weight is 376 g/mol. The molecule has 0 unspecified atom stereocenters. The molecular formula is C21H24N6O. The van der Waals surface area contributed by atoms with E-state index in [0.717, 1.165) is 47.5 Å². The van der Waals surface area contributed by atoms with Crippen molar-refractivity contribution in [2.24, 2.45) is 0 Å². The van der Waals surface area contributed by atoms with E-state index in [-0.39, 0.29) is 11.9 Å². The zero-order valence-electron chi connectivity index (χ0n) is 15.8. The molecule has 1 N–H and O–H groups in total. The van der Waals surface area contributed by atoms with Gasteiger partial charge in [-0.3, -0.25) is 4.79 Å². The molecule has 144 valence electrons. The summed E-state index contributed by atoms with van der Waals surface area (Å²) < 4.78 is 1.92. The summed E-state index contributed by atoms with van der Waals surface area (Å²) in [6.45, 7) is 2.63. The first-order valence-corrected chi connectivity index (χ1v) is 10.0. The fourth-order valence-corrected chi connectivity index (χ4v) is 4.17. The minimum Gasteiger partial charge on any atom is -0.336 e. The quantitative estimate of drug-likeness (QED) is 0.759. The molecule has 1 fully saturated rings. The van der Waals surface area contributed by atoms with Gasteiger partial charge in [0.15, 0.2) is 0 Å². The first-order valence-electron chi connectivity index (χ1n) is 10.0. The van der Waals surface area contributed by atoms with Crippen LogP contribution in [0.3, 0.4) is 0 Å². The molecule has 0 bridgehead atoms. The molecule has 2 aliphatic heterocycles. The zero-order chi connectivity index (χ0) is 18.9. The summed E-state index contributed by atoms with van der Waals surface area (Å²) in [7, 11) is 0. The minimum atomic E-state index is 0.104. The fourth-order valence-electron chi connectivity index (χ4n) is 4.17. The summed E-state index contributed by atoms with van der Waals surface area (Å²) in [5.74, 6) is 1.01. The molecule has 2 aliphatic rings. The van der Waals surface area contributed by atoms with Crippen LogP contribution in [-0.4, -0.2) is 43.4 Å². The molecule has 7 heteroatoms. The van der Waals surface area contributed by atoms with Crippen molar-refractivity contribution in [3.05, 3.63) is 53.9 Å². The third-order valence-corrected chi connectivity index (χ3v) is 5.76. The maximum atomic E-state index is 12.9. The number of aromatic nitrogens is 4. The van der Waals surface area contributed by atoms with Gasteiger partial charge in [0.05, 0.1) is 29.1 Å². The molecule has 1 aromatic carbocycles. The number of amides is 1. The minimum absolute atomic E-state index is 0.104. The number of nitrogens with one attached hydrogen (secondary N) is 1. The lowest BCUT2D eigenvalue weighted by atomic mass is 10.0. The topological polar surface area (TPSA) is 75.9 Å². The molecule has 0 spiro atoms. The second kappa shape index (κ2) is 7.31. The average Bonchev–Trinajstić information content (AvgIpc) is 3.16. The van der Waals surface area contributed by atoms with Crippen molar-refractivity contribution < 1.29 is 4.79 Å². The van der Waals surface area contributed by atoms with Gasteiger partial charge in [-0.05, 0) is 31.5 Å². The summed E-state index contributed by atoms with van der Waals surface area (Å²) in [5, 5.41) is 3.51. The van der Waals surface area contributed by atoms with Gasteiger partial charge in [-0.2, -0.15) is 0 Å². The molecule has 2 aromatic heterocycles. The number of carbonyl (C=O) groups is 1. The van der Waals surface area contributed by atoms with Gasteiger partial charge in [0.2, 0.25) is 5.91 Å². The van der Waals surface area contributed by atoms with E-state index >= 15 is 0 Å². The summed E-state index contributed by atoms with van der Waals surface area (Å²) in [4.78, 5) is 28.6. The number of carbonyl (C=O) groups excluding carboxylic acids is 1. The highest BCUT2D eigenvalue weighted by molar-refractivity contribution is 5.80. The van der Waals surface area contributed by atoms with Gasteiger partial charge in [0, 0.05) is 31.3 Å². The van der Waals surface area contributed by atoms with Crippen molar-refractivity contribution in [3.8, 4) is 0 Å². The molecule has 0 saturated carbocycles.